The topological polar surface area (TPSA) is 62.6 Å². The molecule has 0 aliphatic carbocycles. The van der Waals surface area contributed by atoms with Crippen molar-refractivity contribution >= 4 is 46.8 Å². The second kappa shape index (κ2) is 9.96. The summed E-state index contributed by atoms with van der Waals surface area (Å²) in [6, 6.07) is 17.6. The van der Waals surface area contributed by atoms with E-state index in [0.717, 1.165) is 5.56 Å². The predicted molar refractivity (Wildman–Crippen MR) is 115 cm³/mol. The summed E-state index contributed by atoms with van der Waals surface area (Å²) in [6.07, 6.45) is 4.53. The number of hydrogen-bond donors (Lipinski definition) is 1. The molecule has 0 saturated carbocycles. The van der Waals surface area contributed by atoms with Crippen LogP contribution in [0.3, 0.4) is 0 Å². The standard InChI is InChI=1S/C22H18Cl2N2O3/c23-19-10-8-16(13-20(19)24)9-11-22(28)26(14-18-7-4-12-29-18)15-21(27)25-17-5-2-1-3-6-17/h1-13H,14-15H2,(H,25,27)/b11-9+. The lowest BCUT2D eigenvalue weighted by molar-refractivity contribution is -0.131. The number of rotatable bonds is 7. The van der Waals surface area contributed by atoms with Crippen molar-refractivity contribution in [2.24, 2.45) is 0 Å². The van der Waals surface area contributed by atoms with Crippen molar-refractivity contribution in [1.29, 1.82) is 0 Å². The number of carbonyl (C=O) groups excluding carboxylic acids is 2. The van der Waals surface area contributed by atoms with Crippen molar-refractivity contribution in [3.63, 3.8) is 0 Å². The zero-order chi connectivity index (χ0) is 20.6. The van der Waals surface area contributed by atoms with Gasteiger partial charge in [-0.2, -0.15) is 0 Å². The highest BCUT2D eigenvalue weighted by Crippen LogP contribution is 2.23. The molecule has 0 spiro atoms. The molecular weight excluding hydrogens is 411 g/mol. The van der Waals surface area contributed by atoms with Crippen LogP contribution in [0.4, 0.5) is 5.69 Å². The molecule has 3 aromatic rings. The quantitative estimate of drug-likeness (QED) is 0.521. The Morgan fingerprint density at radius 1 is 1.00 bits per heavy atom. The van der Waals surface area contributed by atoms with Gasteiger partial charge in [-0.1, -0.05) is 47.5 Å². The zero-order valence-corrected chi connectivity index (χ0v) is 16.9. The maximum atomic E-state index is 12.7. The summed E-state index contributed by atoms with van der Waals surface area (Å²) in [5.41, 5.74) is 1.38. The number of benzene rings is 2. The highest BCUT2D eigenvalue weighted by Gasteiger charge is 2.17. The number of carbonyl (C=O) groups is 2. The first-order valence-electron chi connectivity index (χ1n) is 8.80. The van der Waals surface area contributed by atoms with Crippen LogP contribution >= 0.6 is 23.2 Å². The monoisotopic (exact) mass is 428 g/mol. The van der Waals surface area contributed by atoms with Crippen molar-refractivity contribution in [1.82, 2.24) is 4.90 Å². The molecular formula is C22H18Cl2N2O3. The fourth-order valence-corrected chi connectivity index (χ4v) is 2.89. The van der Waals surface area contributed by atoms with Crippen LogP contribution in [0.15, 0.2) is 77.4 Å². The van der Waals surface area contributed by atoms with E-state index in [1.165, 1.54) is 17.2 Å². The molecule has 0 fully saturated rings. The van der Waals surface area contributed by atoms with Crippen LogP contribution in [0.25, 0.3) is 6.08 Å². The number of halogens is 2. The Labute approximate surface area is 178 Å². The van der Waals surface area contributed by atoms with Crippen molar-refractivity contribution in [3.05, 3.63) is 94.4 Å². The van der Waals surface area contributed by atoms with E-state index in [2.05, 4.69) is 5.32 Å². The minimum absolute atomic E-state index is 0.125. The molecule has 29 heavy (non-hydrogen) atoms. The molecule has 1 heterocycles. The molecule has 148 valence electrons. The summed E-state index contributed by atoms with van der Waals surface area (Å²) < 4.78 is 5.32. The Kier molecular flexibility index (Phi) is 7.11. The Balaban J connectivity index is 1.71. The summed E-state index contributed by atoms with van der Waals surface area (Å²) in [6.45, 7) is 0.0416. The summed E-state index contributed by atoms with van der Waals surface area (Å²) in [5, 5.41) is 3.61. The minimum Gasteiger partial charge on any atom is -0.467 e. The molecule has 0 atom stereocenters. The second-order valence-corrected chi connectivity index (χ2v) is 7.01. The van der Waals surface area contributed by atoms with Crippen LogP contribution in [0.5, 0.6) is 0 Å². The Morgan fingerprint density at radius 2 is 1.79 bits per heavy atom. The Hall–Kier alpha value is -3.02. The van der Waals surface area contributed by atoms with E-state index in [-0.39, 0.29) is 24.9 Å². The molecule has 7 heteroatoms. The van der Waals surface area contributed by atoms with Crippen LogP contribution in [-0.2, 0) is 16.1 Å². The number of para-hydroxylation sites is 1. The second-order valence-electron chi connectivity index (χ2n) is 6.19. The SMILES string of the molecule is O=C(CN(Cc1ccco1)C(=O)/C=C/c1ccc(Cl)c(Cl)c1)Nc1ccccc1. The van der Waals surface area contributed by atoms with Gasteiger partial charge >= 0.3 is 0 Å². The molecule has 0 saturated heterocycles. The number of nitrogens with zero attached hydrogens (tertiary/aromatic N) is 1. The van der Waals surface area contributed by atoms with Gasteiger partial charge in [0.05, 0.1) is 22.9 Å². The Morgan fingerprint density at radius 3 is 2.48 bits per heavy atom. The van der Waals surface area contributed by atoms with Gasteiger partial charge in [-0.05, 0) is 48.0 Å². The average Bonchev–Trinajstić information content (AvgIpc) is 3.22. The molecule has 0 radical (unpaired) electrons. The zero-order valence-electron chi connectivity index (χ0n) is 15.3. The van der Waals surface area contributed by atoms with Crippen LogP contribution in [-0.4, -0.2) is 23.3 Å². The van der Waals surface area contributed by atoms with E-state index < -0.39 is 0 Å². The van der Waals surface area contributed by atoms with Crippen molar-refractivity contribution in [3.8, 4) is 0 Å². The van der Waals surface area contributed by atoms with Gasteiger partial charge in [-0.25, -0.2) is 0 Å². The molecule has 0 aliphatic rings. The molecule has 1 N–H and O–H groups in total. The number of amides is 2. The van der Waals surface area contributed by atoms with Gasteiger partial charge in [0, 0.05) is 11.8 Å². The van der Waals surface area contributed by atoms with Crippen molar-refractivity contribution in [2.75, 3.05) is 11.9 Å². The highest BCUT2D eigenvalue weighted by molar-refractivity contribution is 6.42. The smallest absolute Gasteiger partial charge is 0.247 e. The molecule has 0 unspecified atom stereocenters. The fourth-order valence-electron chi connectivity index (χ4n) is 2.59. The third-order valence-corrected chi connectivity index (χ3v) is 4.73. The highest BCUT2D eigenvalue weighted by atomic mass is 35.5. The minimum atomic E-state index is -0.337. The van der Waals surface area contributed by atoms with E-state index in [1.807, 2.05) is 18.2 Å². The number of furan rings is 1. The van der Waals surface area contributed by atoms with Gasteiger partial charge < -0.3 is 14.6 Å². The first-order chi connectivity index (χ1) is 14.0. The van der Waals surface area contributed by atoms with E-state index in [4.69, 9.17) is 27.6 Å². The molecule has 2 amide bonds. The number of anilines is 1. The summed E-state index contributed by atoms with van der Waals surface area (Å²) >= 11 is 11.9. The first kappa shape index (κ1) is 20.7. The molecule has 0 bridgehead atoms. The lowest BCUT2D eigenvalue weighted by Gasteiger charge is -2.19. The molecule has 3 rings (SSSR count). The summed E-state index contributed by atoms with van der Waals surface area (Å²) in [5.74, 6) is -0.0662. The van der Waals surface area contributed by atoms with Gasteiger partial charge in [0.15, 0.2) is 0 Å². The first-order valence-corrected chi connectivity index (χ1v) is 9.56. The fraction of sp³-hybridized carbons (Fsp3) is 0.0909. The van der Waals surface area contributed by atoms with E-state index in [9.17, 15) is 9.59 Å². The van der Waals surface area contributed by atoms with Crippen molar-refractivity contribution in [2.45, 2.75) is 6.54 Å². The summed E-state index contributed by atoms with van der Waals surface area (Å²) in [7, 11) is 0. The molecule has 2 aromatic carbocycles. The largest absolute Gasteiger partial charge is 0.467 e. The van der Waals surface area contributed by atoms with Gasteiger partial charge in [0.25, 0.3) is 0 Å². The van der Waals surface area contributed by atoms with Crippen LogP contribution < -0.4 is 5.32 Å². The van der Waals surface area contributed by atoms with Gasteiger partial charge in [-0.3, -0.25) is 9.59 Å². The van der Waals surface area contributed by atoms with E-state index in [1.54, 1.807) is 48.5 Å². The van der Waals surface area contributed by atoms with Gasteiger partial charge in [0.1, 0.15) is 12.3 Å². The van der Waals surface area contributed by atoms with Gasteiger partial charge in [-0.15, -0.1) is 0 Å². The van der Waals surface area contributed by atoms with E-state index in [0.29, 0.717) is 21.5 Å². The third-order valence-electron chi connectivity index (χ3n) is 3.99. The number of nitrogens with one attached hydrogen (secondary N) is 1. The van der Waals surface area contributed by atoms with Crippen LogP contribution in [0, 0.1) is 0 Å². The predicted octanol–water partition coefficient (Wildman–Crippen LogP) is 5.27. The lowest BCUT2D eigenvalue weighted by Crippen LogP contribution is -2.36. The van der Waals surface area contributed by atoms with E-state index >= 15 is 0 Å². The number of hydrogen-bond acceptors (Lipinski definition) is 3. The molecule has 5 nitrogen and oxygen atoms in total. The normalized spacial score (nSPS) is 10.8. The third kappa shape index (κ3) is 6.24. The lowest BCUT2D eigenvalue weighted by atomic mass is 10.2. The maximum Gasteiger partial charge on any atom is 0.247 e. The van der Waals surface area contributed by atoms with Crippen LogP contribution in [0.2, 0.25) is 10.0 Å². The average molecular weight is 429 g/mol. The molecule has 0 aliphatic heterocycles. The van der Waals surface area contributed by atoms with Gasteiger partial charge in [0.2, 0.25) is 11.8 Å². The van der Waals surface area contributed by atoms with Crippen molar-refractivity contribution < 1.29 is 14.0 Å². The van der Waals surface area contributed by atoms with Crippen LogP contribution in [0.1, 0.15) is 11.3 Å². The molecule has 1 aromatic heterocycles. The maximum absolute atomic E-state index is 12.7. The Bertz CT molecular complexity index is 1000. The summed E-state index contributed by atoms with van der Waals surface area (Å²) in [4.78, 5) is 26.6.